The van der Waals surface area contributed by atoms with Crippen LogP contribution in [0.4, 0.5) is 0 Å². The Labute approximate surface area is 117 Å². The molecule has 0 radical (unpaired) electrons. The number of allylic oxidation sites excluding steroid dienone is 1. The van der Waals surface area contributed by atoms with Gasteiger partial charge in [-0.05, 0) is 28.3 Å². The molecule has 0 saturated carbocycles. The molecule has 0 unspecified atom stereocenters. The summed E-state index contributed by atoms with van der Waals surface area (Å²) in [7, 11) is 0. The van der Waals surface area contributed by atoms with E-state index in [1.807, 2.05) is 60.7 Å². The molecular weight excluding hydrogens is 248 g/mol. The third-order valence-corrected chi connectivity index (χ3v) is 2.96. The van der Waals surface area contributed by atoms with Crippen molar-refractivity contribution in [3.05, 3.63) is 65.2 Å². The molecule has 0 heterocycles. The first-order chi connectivity index (χ1) is 9.78. The average Bonchev–Trinajstić information content (AvgIpc) is 2.53. The Balaban J connectivity index is 2.37. The van der Waals surface area contributed by atoms with Crippen LogP contribution in [0.25, 0.3) is 17.2 Å². The van der Waals surface area contributed by atoms with Gasteiger partial charge in [0, 0.05) is 0 Å². The molecule has 0 atom stereocenters. The van der Waals surface area contributed by atoms with Gasteiger partial charge in [0.15, 0.2) is 0 Å². The zero-order valence-corrected chi connectivity index (χ0v) is 10.7. The van der Waals surface area contributed by atoms with E-state index < -0.39 is 0 Å². The second-order valence-electron chi connectivity index (χ2n) is 4.22. The molecule has 0 fully saturated rings. The number of rotatable bonds is 3. The van der Waals surface area contributed by atoms with E-state index in [2.05, 4.69) is 0 Å². The van der Waals surface area contributed by atoms with Crippen molar-refractivity contribution in [1.82, 2.24) is 0 Å². The molecule has 0 spiro atoms. The Morgan fingerprint density at radius 2 is 1.65 bits per heavy atom. The largest absolute Gasteiger partial charge is 0.392 e. The Kier molecular flexibility index (Phi) is 4.29. The molecule has 0 amide bonds. The van der Waals surface area contributed by atoms with Crippen LogP contribution in [0.15, 0.2) is 54.1 Å². The summed E-state index contributed by atoms with van der Waals surface area (Å²) in [5, 5.41) is 26.8. The minimum Gasteiger partial charge on any atom is -0.392 e. The molecule has 1 N–H and O–H groups in total. The van der Waals surface area contributed by atoms with E-state index >= 15 is 0 Å². The van der Waals surface area contributed by atoms with Crippen LogP contribution in [0.5, 0.6) is 0 Å². The molecule has 0 bridgehead atoms. The average molecular weight is 260 g/mol. The quantitative estimate of drug-likeness (QED) is 0.861. The van der Waals surface area contributed by atoms with Crippen molar-refractivity contribution in [3.8, 4) is 23.3 Å². The number of hydrogen-bond acceptors (Lipinski definition) is 3. The summed E-state index contributed by atoms with van der Waals surface area (Å²) in [5.74, 6) is 0. The van der Waals surface area contributed by atoms with Gasteiger partial charge in [0.25, 0.3) is 0 Å². The Morgan fingerprint density at radius 1 is 1.00 bits per heavy atom. The monoisotopic (exact) mass is 260 g/mol. The van der Waals surface area contributed by atoms with Crippen LogP contribution in [0.2, 0.25) is 0 Å². The van der Waals surface area contributed by atoms with Crippen molar-refractivity contribution >= 4 is 6.08 Å². The number of hydrogen-bond donors (Lipinski definition) is 1. The minimum absolute atomic E-state index is 0.00909. The lowest BCUT2D eigenvalue weighted by Crippen LogP contribution is -1.88. The Morgan fingerprint density at radius 3 is 2.25 bits per heavy atom. The molecular formula is C17H12N2O. The summed E-state index contributed by atoms with van der Waals surface area (Å²) in [5.41, 5.74) is 3.71. The predicted molar refractivity (Wildman–Crippen MR) is 77.0 cm³/mol. The number of benzene rings is 2. The van der Waals surface area contributed by atoms with Gasteiger partial charge in [0.05, 0.1) is 6.61 Å². The molecule has 2 aromatic rings. The zero-order valence-electron chi connectivity index (χ0n) is 10.7. The predicted octanol–water partition coefficient (Wildman–Crippen LogP) is 3.28. The van der Waals surface area contributed by atoms with Gasteiger partial charge in [0.1, 0.15) is 17.7 Å². The third-order valence-electron chi connectivity index (χ3n) is 2.96. The maximum atomic E-state index is 9.34. The van der Waals surface area contributed by atoms with Gasteiger partial charge in [-0.15, -0.1) is 0 Å². The number of nitriles is 2. The van der Waals surface area contributed by atoms with Gasteiger partial charge in [-0.1, -0.05) is 48.5 Å². The first-order valence-electron chi connectivity index (χ1n) is 6.09. The maximum Gasteiger partial charge on any atom is 0.130 e. The Bertz CT molecular complexity index is 700. The second kappa shape index (κ2) is 6.33. The molecule has 0 saturated heterocycles. The lowest BCUT2D eigenvalue weighted by Gasteiger charge is -2.07. The van der Waals surface area contributed by atoms with Gasteiger partial charge < -0.3 is 5.11 Å². The topological polar surface area (TPSA) is 67.8 Å². The Hall–Kier alpha value is -2.88. The molecule has 0 aliphatic heterocycles. The van der Waals surface area contributed by atoms with Crippen LogP contribution in [-0.4, -0.2) is 5.11 Å². The molecule has 3 nitrogen and oxygen atoms in total. The van der Waals surface area contributed by atoms with Gasteiger partial charge in [-0.25, -0.2) is 0 Å². The highest BCUT2D eigenvalue weighted by atomic mass is 16.3. The molecule has 0 aliphatic rings. The smallest absolute Gasteiger partial charge is 0.130 e. The van der Waals surface area contributed by atoms with Gasteiger partial charge >= 0.3 is 0 Å². The number of aliphatic hydroxyl groups is 1. The van der Waals surface area contributed by atoms with Crippen molar-refractivity contribution in [2.24, 2.45) is 0 Å². The molecule has 0 aliphatic carbocycles. The standard InChI is InChI=1S/C17H12N2O/c18-10-14(11-19)9-13-5-7-15(8-6-13)17-4-2-1-3-16(17)12-20/h1-9,20H,12H2. The van der Waals surface area contributed by atoms with Crippen molar-refractivity contribution in [2.45, 2.75) is 6.61 Å². The third kappa shape index (κ3) is 2.92. The first kappa shape index (κ1) is 13.5. The highest BCUT2D eigenvalue weighted by Gasteiger charge is 2.03. The summed E-state index contributed by atoms with van der Waals surface area (Å²) in [6.07, 6.45) is 1.54. The maximum absolute atomic E-state index is 9.34. The van der Waals surface area contributed by atoms with Gasteiger partial charge in [0.2, 0.25) is 0 Å². The van der Waals surface area contributed by atoms with Crippen LogP contribution < -0.4 is 0 Å². The van der Waals surface area contributed by atoms with Crippen molar-refractivity contribution in [3.63, 3.8) is 0 Å². The van der Waals surface area contributed by atoms with Crippen LogP contribution in [0.1, 0.15) is 11.1 Å². The van der Waals surface area contributed by atoms with E-state index in [0.29, 0.717) is 0 Å². The molecule has 20 heavy (non-hydrogen) atoms. The first-order valence-corrected chi connectivity index (χ1v) is 6.09. The minimum atomic E-state index is -0.00909. The summed E-state index contributed by atoms with van der Waals surface area (Å²) < 4.78 is 0. The van der Waals surface area contributed by atoms with Crippen LogP contribution in [-0.2, 0) is 6.61 Å². The number of aliphatic hydroxyl groups excluding tert-OH is 1. The summed E-state index contributed by atoms with van der Waals surface area (Å²) in [6, 6.07) is 18.8. The number of nitrogens with zero attached hydrogens (tertiary/aromatic N) is 2. The molecule has 2 rings (SSSR count). The fourth-order valence-corrected chi connectivity index (χ4v) is 1.95. The van der Waals surface area contributed by atoms with E-state index in [0.717, 1.165) is 22.3 Å². The van der Waals surface area contributed by atoms with Crippen LogP contribution in [0.3, 0.4) is 0 Å². The van der Waals surface area contributed by atoms with Crippen molar-refractivity contribution in [1.29, 1.82) is 10.5 Å². The second-order valence-corrected chi connectivity index (χ2v) is 4.22. The van der Waals surface area contributed by atoms with Gasteiger partial charge in [-0.2, -0.15) is 10.5 Å². The van der Waals surface area contributed by atoms with E-state index in [-0.39, 0.29) is 12.2 Å². The summed E-state index contributed by atoms with van der Waals surface area (Å²) >= 11 is 0. The highest BCUT2D eigenvalue weighted by molar-refractivity contribution is 5.70. The molecule has 96 valence electrons. The van der Waals surface area contributed by atoms with E-state index in [1.165, 1.54) is 0 Å². The summed E-state index contributed by atoms with van der Waals surface area (Å²) in [4.78, 5) is 0. The highest BCUT2D eigenvalue weighted by Crippen LogP contribution is 2.24. The van der Waals surface area contributed by atoms with Crippen LogP contribution in [0, 0.1) is 22.7 Å². The fourth-order valence-electron chi connectivity index (χ4n) is 1.95. The zero-order chi connectivity index (χ0) is 14.4. The lowest BCUT2D eigenvalue weighted by atomic mass is 9.99. The lowest BCUT2D eigenvalue weighted by molar-refractivity contribution is 0.282. The van der Waals surface area contributed by atoms with Crippen molar-refractivity contribution < 1.29 is 5.11 Å². The van der Waals surface area contributed by atoms with Crippen LogP contribution >= 0.6 is 0 Å². The SMILES string of the molecule is N#CC(C#N)=Cc1ccc(-c2ccccc2CO)cc1. The fraction of sp³-hybridized carbons (Fsp3) is 0.0588. The normalized spacial score (nSPS) is 9.35. The summed E-state index contributed by atoms with van der Waals surface area (Å²) in [6.45, 7) is -0.00909. The molecule has 3 heteroatoms. The van der Waals surface area contributed by atoms with Gasteiger partial charge in [-0.3, -0.25) is 0 Å². The van der Waals surface area contributed by atoms with Crippen molar-refractivity contribution in [2.75, 3.05) is 0 Å². The van der Waals surface area contributed by atoms with E-state index in [4.69, 9.17) is 10.5 Å². The van der Waals surface area contributed by atoms with E-state index in [9.17, 15) is 5.11 Å². The molecule has 2 aromatic carbocycles. The molecule has 0 aromatic heterocycles. The van der Waals surface area contributed by atoms with E-state index in [1.54, 1.807) is 6.08 Å².